The minimum atomic E-state index is -0.380. The van der Waals surface area contributed by atoms with Gasteiger partial charge in [0.25, 0.3) is 0 Å². The molecule has 2 aromatic rings. The van der Waals surface area contributed by atoms with E-state index < -0.39 is 0 Å². The molecule has 1 N–H and O–H groups in total. The van der Waals surface area contributed by atoms with Crippen LogP contribution in [-0.4, -0.2) is 61.6 Å². The normalized spacial score (nSPS) is 25.9. The zero-order chi connectivity index (χ0) is 23.0. The zero-order valence-electron chi connectivity index (χ0n) is 19.0. The second kappa shape index (κ2) is 8.78. The van der Waals surface area contributed by atoms with Gasteiger partial charge < -0.3 is 19.9 Å². The fraction of sp³-hybridized carbons (Fsp3) is 0.462. The number of fused-ring (bicyclic) bond motifs is 4. The van der Waals surface area contributed by atoms with Crippen molar-refractivity contribution < 1.29 is 18.7 Å². The summed E-state index contributed by atoms with van der Waals surface area (Å²) in [6, 6.07) is 11.4. The number of carbonyl (C=O) groups is 2. The van der Waals surface area contributed by atoms with Gasteiger partial charge in [-0.25, -0.2) is 14.0 Å². The van der Waals surface area contributed by atoms with E-state index in [4.69, 9.17) is 4.74 Å². The highest BCUT2D eigenvalue weighted by atomic mass is 19.1. The number of halogens is 1. The summed E-state index contributed by atoms with van der Waals surface area (Å²) in [6.45, 7) is 4.57. The summed E-state index contributed by atoms with van der Waals surface area (Å²) in [5.74, 6) is -0.691. The van der Waals surface area contributed by atoms with Crippen molar-refractivity contribution >= 4 is 12.0 Å². The van der Waals surface area contributed by atoms with Gasteiger partial charge in [0.15, 0.2) is 0 Å². The number of amides is 2. The second-order valence-electron chi connectivity index (χ2n) is 9.55. The summed E-state index contributed by atoms with van der Waals surface area (Å²) in [5, 5.41) is 3.24. The lowest BCUT2D eigenvalue weighted by molar-refractivity contribution is 0.0272. The van der Waals surface area contributed by atoms with Crippen molar-refractivity contribution in [1.29, 1.82) is 0 Å². The first kappa shape index (κ1) is 21.9. The quantitative estimate of drug-likeness (QED) is 0.720. The molecule has 4 heterocycles. The van der Waals surface area contributed by atoms with Crippen LogP contribution in [-0.2, 0) is 11.2 Å². The van der Waals surface area contributed by atoms with Gasteiger partial charge in [-0.15, -0.1) is 0 Å². The summed E-state index contributed by atoms with van der Waals surface area (Å²) in [7, 11) is 1.37. The maximum absolute atomic E-state index is 13.7. The first-order valence-corrected chi connectivity index (χ1v) is 11.7. The highest BCUT2D eigenvalue weighted by molar-refractivity contribution is 5.89. The molecule has 1 atom stereocenters. The Bertz CT molecular complexity index is 1030. The molecule has 0 aromatic heterocycles. The third-order valence-electron chi connectivity index (χ3n) is 7.73. The summed E-state index contributed by atoms with van der Waals surface area (Å²) in [5.41, 5.74) is 3.52. The van der Waals surface area contributed by atoms with E-state index in [0.717, 1.165) is 55.6 Å². The number of piperidine rings is 3. The molecule has 7 heteroatoms. The van der Waals surface area contributed by atoms with Gasteiger partial charge >= 0.3 is 12.0 Å². The smallest absolute Gasteiger partial charge is 0.337 e. The fourth-order valence-electron chi connectivity index (χ4n) is 5.62. The SMILES string of the molecule is COC(=O)c1ccc2c(c1)CCN(C(=O)NCC13CCN(CC1)CC3)[C@H]2c1ccc(F)cc1. The summed E-state index contributed by atoms with van der Waals surface area (Å²) >= 11 is 0. The average molecular weight is 452 g/mol. The minimum Gasteiger partial charge on any atom is -0.465 e. The van der Waals surface area contributed by atoms with Crippen LogP contribution in [0.1, 0.15) is 52.4 Å². The summed E-state index contributed by atoms with van der Waals surface area (Å²) < 4.78 is 18.5. The lowest BCUT2D eigenvalue weighted by Gasteiger charge is -2.48. The molecule has 4 aliphatic heterocycles. The van der Waals surface area contributed by atoms with Crippen molar-refractivity contribution in [1.82, 2.24) is 15.1 Å². The third-order valence-corrected chi connectivity index (χ3v) is 7.73. The predicted octanol–water partition coefficient (Wildman–Crippen LogP) is 3.76. The molecule has 6 rings (SSSR count). The summed E-state index contributed by atoms with van der Waals surface area (Å²) in [6.07, 6.45) is 4.04. The van der Waals surface area contributed by atoms with Crippen molar-refractivity contribution in [2.45, 2.75) is 31.7 Å². The van der Waals surface area contributed by atoms with Crippen LogP contribution in [0.15, 0.2) is 42.5 Å². The van der Waals surface area contributed by atoms with E-state index in [2.05, 4.69) is 10.2 Å². The molecule has 2 amide bonds. The van der Waals surface area contributed by atoms with E-state index in [1.165, 1.54) is 19.2 Å². The van der Waals surface area contributed by atoms with Crippen LogP contribution in [0.3, 0.4) is 0 Å². The predicted molar refractivity (Wildman–Crippen MR) is 123 cm³/mol. The van der Waals surface area contributed by atoms with E-state index in [0.29, 0.717) is 25.1 Å². The Morgan fingerprint density at radius 1 is 1.06 bits per heavy atom. The largest absolute Gasteiger partial charge is 0.465 e. The molecule has 6 nitrogen and oxygen atoms in total. The van der Waals surface area contributed by atoms with Crippen molar-refractivity contribution in [3.8, 4) is 0 Å². The number of hydrogen-bond donors (Lipinski definition) is 1. The molecular formula is C26H30FN3O3. The molecule has 0 spiro atoms. The van der Waals surface area contributed by atoms with Gasteiger partial charge in [-0.1, -0.05) is 18.2 Å². The van der Waals surface area contributed by atoms with Crippen LogP contribution in [0, 0.1) is 11.2 Å². The topological polar surface area (TPSA) is 61.9 Å². The average Bonchev–Trinajstić information content (AvgIpc) is 2.87. The molecule has 4 aliphatic rings. The number of esters is 1. The van der Waals surface area contributed by atoms with Crippen molar-refractivity contribution in [3.63, 3.8) is 0 Å². The Kier molecular flexibility index (Phi) is 5.83. The molecule has 33 heavy (non-hydrogen) atoms. The van der Waals surface area contributed by atoms with Crippen molar-refractivity contribution in [2.75, 3.05) is 39.8 Å². The van der Waals surface area contributed by atoms with Gasteiger partial charge in [0, 0.05) is 13.1 Å². The van der Waals surface area contributed by atoms with E-state index in [9.17, 15) is 14.0 Å². The number of urea groups is 1. The number of methoxy groups -OCH3 is 1. The number of rotatable bonds is 4. The third kappa shape index (κ3) is 4.22. The highest BCUT2D eigenvalue weighted by Crippen LogP contribution is 2.40. The molecule has 0 aliphatic carbocycles. The van der Waals surface area contributed by atoms with Gasteiger partial charge in [-0.2, -0.15) is 0 Å². The molecular weight excluding hydrogens is 421 g/mol. The Morgan fingerprint density at radius 3 is 2.42 bits per heavy atom. The second-order valence-corrected chi connectivity index (χ2v) is 9.55. The maximum Gasteiger partial charge on any atom is 0.337 e. The molecule has 0 saturated carbocycles. The highest BCUT2D eigenvalue weighted by Gasteiger charge is 2.40. The standard InChI is InChI=1S/C26H30FN3O3/c1-33-24(31)20-4-7-22-19(16-20)8-12-30(23(22)18-2-5-21(27)6-3-18)25(32)28-17-26-9-13-29(14-10-26)15-11-26/h2-7,16,23H,8-15,17H2,1H3,(H,28,32)/t23-/m0/s1. The number of ether oxygens (including phenoxy) is 1. The van der Waals surface area contributed by atoms with Crippen molar-refractivity contribution in [2.24, 2.45) is 5.41 Å². The van der Waals surface area contributed by atoms with Crippen LogP contribution in [0.2, 0.25) is 0 Å². The maximum atomic E-state index is 13.7. The zero-order valence-corrected chi connectivity index (χ0v) is 19.0. The monoisotopic (exact) mass is 451 g/mol. The Morgan fingerprint density at radius 2 is 1.76 bits per heavy atom. The lowest BCUT2D eigenvalue weighted by atomic mass is 9.72. The van der Waals surface area contributed by atoms with Crippen LogP contribution < -0.4 is 5.32 Å². The molecule has 3 saturated heterocycles. The van der Waals surface area contributed by atoms with Crippen LogP contribution in [0.25, 0.3) is 0 Å². The van der Waals surface area contributed by atoms with E-state index in [-0.39, 0.29) is 29.3 Å². The minimum absolute atomic E-state index is 0.0885. The molecule has 3 fully saturated rings. The Labute approximate surface area is 193 Å². The van der Waals surface area contributed by atoms with Crippen LogP contribution in [0.4, 0.5) is 9.18 Å². The van der Waals surface area contributed by atoms with Gasteiger partial charge in [0.1, 0.15) is 5.82 Å². The molecule has 0 radical (unpaired) electrons. The number of carbonyl (C=O) groups excluding carboxylic acids is 2. The van der Waals surface area contributed by atoms with E-state index in [1.54, 1.807) is 18.2 Å². The van der Waals surface area contributed by atoms with Gasteiger partial charge in [0.05, 0.1) is 18.7 Å². The van der Waals surface area contributed by atoms with Crippen LogP contribution in [0.5, 0.6) is 0 Å². The van der Waals surface area contributed by atoms with Crippen molar-refractivity contribution in [3.05, 3.63) is 70.5 Å². The van der Waals surface area contributed by atoms with E-state index in [1.807, 2.05) is 17.0 Å². The van der Waals surface area contributed by atoms with Gasteiger partial charge in [0.2, 0.25) is 0 Å². The molecule has 174 valence electrons. The van der Waals surface area contributed by atoms with Gasteiger partial charge in [-0.05, 0) is 91.7 Å². The van der Waals surface area contributed by atoms with E-state index >= 15 is 0 Å². The summed E-state index contributed by atoms with van der Waals surface area (Å²) in [4.78, 5) is 29.8. The van der Waals surface area contributed by atoms with Gasteiger partial charge in [-0.3, -0.25) is 0 Å². The first-order valence-electron chi connectivity index (χ1n) is 11.7. The number of nitrogens with zero attached hydrogens (tertiary/aromatic N) is 2. The van der Waals surface area contributed by atoms with Crippen LogP contribution >= 0.6 is 0 Å². The molecule has 0 unspecified atom stereocenters. The Hall–Kier alpha value is -2.93. The Balaban J connectivity index is 1.41. The number of benzene rings is 2. The molecule has 2 bridgehead atoms. The fourth-order valence-corrected chi connectivity index (χ4v) is 5.62. The lowest BCUT2D eigenvalue weighted by Crippen LogP contribution is -2.54. The number of nitrogens with one attached hydrogen (secondary N) is 1. The number of hydrogen-bond acceptors (Lipinski definition) is 4. The molecule has 2 aromatic carbocycles. The first-order chi connectivity index (χ1) is 16.0.